The van der Waals surface area contributed by atoms with Gasteiger partial charge in [0.1, 0.15) is 16.8 Å². The molecule has 1 fully saturated rings. The third-order valence-corrected chi connectivity index (χ3v) is 6.32. The minimum Gasteiger partial charge on any atom is -0.507 e. The summed E-state index contributed by atoms with van der Waals surface area (Å²) in [5.41, 5.74) is 2.62. The first kappa shape index (κ1) is 24.6. The third kappa shape index (κ3) is 4.22. The molecule has 0 spiro atoms. The zero-order valence-electron chi connectivity index (χ0n) is 19.4. The molecule has 35 heavy (non-hydrogen) atoms. The number of amides is 1. The van der Waals surface area contributed by atoms with Gasteiger partial charge in [-0.05, 0) is 55.3 Å². The molecular weight excluding hydrogens is 491 g/mol. The van der Waals surface area contributed by atoms with E-state index >= 15 is 0 Å². The highest BCUT2D eigenvalue weighted by Crippen LogP contribution is 2.47. The summed E-state index contributed by atoms with van der Waals surface area (Å²) < 4.78 is 10.6. The number of Topliss-reactive ketones (excluding diaryl/α,β-unsaturated/α-hetero) is 1. The molecule has 2 heterocycles. The van der Waals surface area contributed by atoms with E-state index in [-0.39, 0.29) is 32.7 Å². The van der Waals surface area contributed by atoms with Gasteiger partial charge in [-0.3, -0.25) is 19.5 Å². The molecule has 3 aromatic rings. The van der Waals surface area contributed by atoms with Gasteiger partial charge in [0, 0.05) is 11.9 Å². The SMILES string of the molecule is COc1c(Cl)cc(/C(O)=C2\C(=O)C(=O)N(c3cc(C)cc(C)c3)C2c2ccccn2)c(OC)c1Cl. The number of anilines is 1. The van der Waals surface area contributed by atoms with E-state index in [1.807, 2.05) is 19.9 Å². The van der Waals surface area contributed by atoms with Gasteiger partial charge in [-0.15, -0.1) is 0 Å². The second-order valence-electron chi connectivity index (χ2n) is 8.06. The molecule has 0 bridgehead atoms. The number of hydrogen-bond donors (Lipinski definition) is 1. The lowest BCUT2D eigenvalue weighted by Gasteiger charge is -2.25. The average molecular weight is 513 g/mol. The number of aliphatic hydroxyl groups is 1. The van der Waals surface area contributed by atoms with Gasteiger partial charge in [-0.25, -0.2) is 0 Å². The van der Waals surface area contributed by atoms with Crippen LogP contribution in [0.4, 0.5) is 5.69 Å². The van der Waals surface area contributed by atoms with Crippen LogP contribution in [0.15, 0.2) is 54.2 Å². The largest absolute Gasteiger partial charge is 0.507 e. The molecule has 1 atom stereocenters. The van der Waals surface area contributed by atoms with Crippen LogP contribution in [0, 0.1) is 13.8 Å². The van der Waals surface area contributed by atoms with Crippen molar-refractivity contribution in [1.82, 2.24) is 4.98 Å². The number of benzene rings is 2. The molecule has 1 saturated heterocycles. The van der Waals surface area contributed by atoms with E-state index in [4.69, 9.17) is 32.7 Å². The van der Waals surface area contributed by atoms with E-state index in [0.29, 0.717) is 11.4 Å². The minimum absolute atomic E-state index is 0.0157. The molecule has 180 valence electrons. The van der Waals surface area contributed by atoms with Gasteiger partial charge in [-0.2, -0.15) is 0 Å². The average Bonchev–Trinajstić information content (AvgIpc) is 3.09. The summed E-state index contributed by atoms with van der Waals surface area (Å²) in [5, 5.41) is 11.6. The summed E-state index contributed by atoms with van der Waals surface area (Å²) in [6, 6.07) is 11.1. The lowest BCUT2D eigenvalue weighted by molar-refractivity contribution is -0.132. The normalized spacial score (nSPS) is 17.1. The number of carbonyl (C=O) groups is 2. The van der Waals surface area contributed by atoms with E-state index in [1.165, 1.54) is 25.2 Å². The van der Waals surface area contributed by atoms with Crippen LogP contribution in [-0.4, -0.2) is 36.0 Å². The van der Waals surface area contributed by atoms with Gasteiger partial charge in [0.15, 0.2) is 11.5 Å². The van der Waals surface area contributed by atoms with Gasteiger partial charge >= 0.3 is 0 Å². The fourth-order valence-electron chi connectivity index (χ4n) is 4.30. The van der Waals surface area contributed by atoms with Gasteiger partial charge in [0.05, 0.1) is 36.1 Å². The Morgan fingerprint density at radius 1 is 1.00 bits per heavy atom. The second-order valence-corrected chi connectivity index (χ2v) is 8.84. The molecule has 4 rings (SSSR count). The molecule has 1 N–H and O–H groups in total. The van der Waals surface area contributed by atoms with Crippen molar-refractivity contribution in [3.05, 3.63) is 86.7 Å². The number of halogens is 2. The summed E-state index contributed by atoms with van der Waals surface area (Å²) in [7, 11) is 2.75. The van der Waals surface area contributed by atoms with Crippen molar-refractivity contribution >= 4 is 46.3 Å². The Labute approximate surface area is 212 Å². The fourth-order valence-corrected chi connectivity index (χ4v) is 4.98. The number of methoxy groups -OCH3 is 2. The highest BCUT2D eigenvalue weighted by atomic mass is 35.5. The number of ether oxygens (including phenoxy) is 2. The Morgan fingerprint density at radius 2 is 1.66 bits per heavy atom. The van der Waals surface area contributed by atoms with Crippen molar-refractivity contribution in [1.29, 1.82) is 0 Å². The first-order valence-corrected chi connectivity index (χ1v) is 11.4. The maximum Gasteiger partial charge on any atom is 0.300 e. The van der Waals surface area contributed by atoms with Crippen LogP contribution in [-0.2, 0) is 9.59 Å². The van der Waals surface area contributed by atoms with Crippen LogP contribution < -0.4 is 14.4 Å². The number of aromatic nitrogens is 1. The van der Waals surface area contributed by atoms with Crippen LogP contribution in [0.25, 0.3) is 5.76 Å². The quantitative estimate of drug-likeness (QED) is 0.270. The third-order valence-electron chi connectivity index (χ3n) is 5.69. The lowest BCUT2D eigenvalue weighted by Crippen LogP contribution is -2.30. The van der Waals surface area contributed by atoms with E-state index < -0.39 is 23.5 Å². The zero-order valence-corrected chi connectivity index (χ0v) is 20.9. The Hall–Kier alpha value is -3.55. The van der Waals surface area contributed by atoms with E-state index in [9.17, 15) is 14.7 Å². The number of nitrogens with zero attached hydrogens (tertiary/aromatic N) is 2. The summed E-state index contributed by atoms with van der Waals surface area (Å²) in [6.07, 6.45) is 1.55. The molecule has 1 amide bonds. The first-order valence-electron chi connectivity index (χ1n) is 10.6. The predicted molar refractivity (Wildman–Crippen MR) is 135 cm³/mol. The fraction of sp³-hybridized carbons (Fsp3) is 0.192. The summed E-state index contributed by atoms with van der Waals surface area (Å²) in [6.45, 7) is 3.80. The van der Waals surface area contributed by atoms with Crippen LogP contribution in [0.3, 0.4) is 0 Å². The van der Waals surface area contributed by atoms with E-state index in [0.717, 1.165) is 11.1 Å². The number of ketones is 1. The zero-order chi connectivity index (χ0) is 25.4. The minimum atomic E-state index is -0.998. The number of aryl methyl sites for hydroxylation is 2. The van der Waals surface area contributed by atoms with E-state index in [2.05, 4.69) is 4.98 Å². The van der Waals surface area contributed by atoms with Gasteiger partial charge in [0.25, 0.3) is 11.7 Å². The smallest absolute Gasteiger partial charge is 0.300 e. The molecule has 9 heteroatoms. The number of aliphatic hydroxyl groups excluding tert-OH is 1. The van der Waals surface area contributed by atoms with Gasteiger partial charge in [0.2, 0.25) is 0 Å². The number of carbonyl (C=O) groups excluding carboxylic acids is 2. The van der Waals surface area contributed by atoms with Crippen molar-refractivity contribution in [2.75, 3.05) is 19.1 Å². The maximum absolute atomic E-state index is 13.4. The molecular formula is C26H22Cl2N2O5. The van der Waals surface area contributed by atoms with Crippen LogP contribution in [0.5, 0.6) is 11.5 Å². The van der Waals surface area contributed by atoms with Crippen molar-refractivity contribution in [3.63, 3.8) is 0 Å². The maximum atomic E-state index is 13.4. The molecule has 2 aromatic carbocycles. The van der Waals surface area contributed by atoms with E-state index in [1.54, 1.807) is 36.5 Å². The van der Waals surface area contributed by atoms with Gasteiger partial charge in [-0.1, -0.05) is 35.3 Å². The number of hydrogen-bond acceptors (Lipinski definition) is 6. The standard InChI is InChI=1S/C26H22Cl2N2O5/c1-13-9-14(2)11-15(10-13)30-21(18-7-5-6-8-29-18)19(23(32)26(30)33)22(31)16-12-17(27)25(35-4)20(28)24(16)34-3/h5-12,21,31H,1-4H3/b22-19+. The lowest BCUT2D eigenvalue weighted by atomic mass is 9.97. The molecule has 0 saturated carbocycles. The molecule has 0 aliphatic carbocycles. The number of pyridine rings is 1. The predicted octanol–water partition coefficient (Wildman–Crippen LogP) is 5.65. The Bertz CT molecular complexity index is 1350. The van der Waals surface area contributed by atoms with Crippen molar-refractivity contribution in [2.24, 2.45) is 0 Å². The molecule has 7 nitrogen and oxygen atoms in total. The Morgan fingerprint density at radius 3 is 2.23 bits per heavy atom. The second kappa shape index (κ2) is 9.60. The summed E-state index contributed by atoms with van der Waals surface area (Å²) in [4.78, 5) is 32.5. The van der Waals surface area contributed by atoms with Crippen LogP contribution in [0.2, 0.25) is 10.0 Å². The Balaban J connectivity index is 2.02. The van der Waals surface area contributed by atoms with Gasteiger partial charge < -0.3 is 14.6 Å². The summed E-state index contributed by atoms with van der Waals surface area (Å²) >= 11 is 12.7. The molecule has 0 radical (unpaired) electrons. The van der Waals surface area contributed by atoms with Crippen molar-refractivity contribution in [2.45, 2.75) is 19.9 Å². The van der Waals surface area contributed by atoms with Crippen molar-refractivity contribution in [3.8, 4) is 11.5 Å². The van der Waals surface area contributed by atoms with Crippen LogP contribution >= 0.6 is 23.2 Å². The first-order chi connectivity index (χ1) is 16.7. The molecule has 1 aliphatic rings. The summed E-state index contributed by atoms with van der Waals surface area (Å²) in [5.74, 6) is -1.96. The monoisotopic (exact) mass is 512 g/mol. The molecule has 1 aliphatic heterocycles. The van der Waals surface area contributed by atoms with Crippen LogP contribution in [0.1, 0.15) is 28.4 Å². The van der Waals surface area contributed by atoms with Crippen molar-refractivity contribution < 1.29 is 24.2 Å². The number of rotatable bonds is 5. The molecule has 1 unspecified atom stereocenters. The molecule has 1 aromatic heterocycles. The topological polar surface area (TPSA) is 89.0 Å². The highest BCUT2D eigenvalue weighted by molar-refractivity contribution is 6.52. The Kier molecular flexibility index (Phi) is 6.74. The highest BCUT2D eigenvalue weighted by Gasteiger charge is 2.48.